The summed E-state index contributed by atoms with van der Waals surface area (Å²) in [7, 11) is 0. The van der Waals surface area contributed by atoms with Gasteiger partial charge in [-0.3, -0.25) is 0 Å². The summed E-state index contributed by atoms with van der Waals surface area (Å²) < 4.78 is 0. The van der Waals surface area contributed by atoms with Crippen LogP contribution in [0.5, 0.6) is 0 Å². The largest absolute Gasteiger partial charge is 0.234 e. The lowest BCUT2D eigenvalue weighted by atomic mass is 10.2. The molecule has 0 saturated heterocycles. The van der Waals surface area contributed by atoms with Gasteiger partial charge >= 0.3 is 0 Å². The second kappa shape index (κ2) is 3.19. The van der Waals surface area contributed by atoms with Gasteiger partial charge in [-0.05, 0) is 23.3 Å². The zero-order chi connectivity index (χ0) is 10.4. The first kappa shape index (κ1) is 9.13. The Bertz CT molecular complexity index is 503. The van der Waals surface area contributed by atoms with Crippen molar-refractivity contribution in [2.75, 3.05) is 0 Å². The predicted octanol–water partition coefficient (Wildman–Crippen LogP) is 3.35. The number of pyridine rings is 2. The van der Waals surface area contributed by atoms with Crippen LogP contribution in [0.2, 0.25) is 10.3 Å². The van der Waals surface area contributed by atoms with Gasteiger partial charge < -0.3 is 0 Å². The Hall–Kier alpha value is -1.12. The molecule has 0 N–H and O–H groups in total. The molecule has 1 aliphatic rings. The topological polar surface area (TPSA) is 25.8 Å². The molecule has 2 nitrogen and oxygen atoms in total. The van der Waals surface area contributed by atoms with Crippen LogP contribution in [0.25, 0.3) is 11.4 Å². The minimum atomic E-state index is 0.489. The molecule has 3 rings (SSSR count). The molecule has 4 heteroatoms. The summed E-state index contributed by atoms with van der Waals surface area (Å²) >= 11 is 11.7. The Kier molecular flexibility index (Phi) is 1.94. The molecule has 2 aromatic rings. The van der Waals surface area contributed by atoms with Gasteiger partial charge in [0.2, 0.25) is 0 Å². The normalized spacial score (nSPS) is 12.4. The van der Waals surface area contributed by atoms with Crippen LogP contribution in [0.15, 0.2) is 24.3 Å². The molecule has 0 aromatic carbocycles. The fourth-order valence-corrected chi connectivity index (χ4v) is 2.12. The van der Waals surface area contributed by atoms with Crippen molar-refractivity contribution in [3.05, 3.63) is 45.7 Å². The first-order valence-corrected chi connectivity index (χ1v) is 5.31. The lowest BCUT2D eigenvalue weighted by Crippen LogP contribution is -1.87. The SMILES string of the molecule is Clc1ccc2c(n1)-c1nc(Cl)ccc1C2. The molecule has 0 aliphatic heterocycles. The van der Waals surface area contributed by atoms with E-state index >= 15 is 0 Å². The number of fused-ring (bicyclic) bond motifs is 3. The van der Waals surface area contributed by atoms with Crippen molar-refractivity contribution in [3.63, 3.8) is 0 Å². The minimum Gasteiger partial charge on any atom is -0.234 e. The Labute approximate surface area is 96.9 Å². The summed E-state index contributed by atoms with van der Waals surface area (Å²) in [6, 6.07) is 7.57. The number of aromatic nitrogens is 2. The van der Waals surface area contributed by atoms with Crippen LogP contribution in [-0.2, 0) is 6.42 Å². The van der Waals surface area contributed by atoms with E-state index < -0.39 is 0 Å². The summed E-state index contributed by atoms with van der Waals surface area (Å²) in [5, 5.41) is 0.978. The van der Waals surface area contributed by atoms with Crippen molar-refractivity contribution in [2.24, 2.45) is 0 Å². The molecule has 0 bridgehead atoms. The van der Waals surface area contributed by atoms with Gasteiger partial charge in [-0.25, -0.2) is 9.97 Å². The summed E-state index contributed by atoms with van der Waals surface area (Å²) in [6.45, 7) is 0. The summed E-state index contributed by atoms with van der Waals surface area (Å²) in [5.41, 5.74) is 4.04. The van der Waals surface area contributed by atoms with Crippen molar-refractivity contribution in [1.82, 2.24) is 9.97 Å². The van der Waals surface area contributed by atoms with Crippen molar-refractivity contribution in [1.29, 1.82) is 0 Å². The average molecular weight is 237 g/mol. The average Bonchev–Trinajstić information content (AvgIpc) is 2.56. The van der Waals surface area contributed by atoms with E-state index in [0.717, 1.165) is 28.9 Å². The van der Waals surface area contributed by atoms with E-state index in [1.807, 2.05) is 12.1 Å². The number of halogens is 2. The van der Waals surface area contributed by atoms with Gasteiger partial charge in [-0.1, -0.05) is 35.3 Å². The Balaban J connectivity index is 2.28. The highest BCUT2D eigenvalue weighted by atomic mass is 35.5. The zero-order valence-corrected chi connectivity index (χ0v) is 9.18. The van der Waals surface area contributed by atoms with Crippen LogP contribution in [0.3, 0.4) is 0 Å². The summed E-state index contributed by atoms with van der Waals surface area (Å²) in [5.74, 6) is 0. The Morgan fingerprint density at radius 1 is 0.800 bits per heavy atom. The maximum atomic E-state index is 5.86. The number of hydrogen-bond donors (Lipinski definition) is 0. The fourth-order valence-electron chi connectivity index (χ4n) is 1.83. The van der Waals surface area contributed by atoms with Gasteiger partial charge in [0.05, 0.1) is 11.4 Å². The Morgan fingerprint density at radius 3 is 1.73 bits per heavy atom. The molecule has 0 radical (unpaired) electrons. The third-order valence-corrected chi connectivity index (χ3v) is 2.92. The first-order valence-electron chi connectivity index (χ1n) is 4.55. The van der Waals surface area contributed by atoms with E-state index in [1.54, 1.807) is 12.1 Å². The number of hydrogen-bond acceptors (Lipinski definition) is 2. The third kappa shape index (κ3) is 1.41. The summed E-state index contributed by atoms with van der Waals surface area (Å²) in [4.78, 5) is 8.56. The van der Waals surface area contributed by atoms with Crippen molar-refractivity contribution < 1.29 is 0 Å². The van der Waals surface area contributed by atoms with Crippen molar-refractivity contribution >= 4 is 23.2 Å². The number of rotatable bonds is 0. The monoisotopic (exact) mass is 236 g/mol. The zero-order valence-electron chi connectivity index (χ0n) is 7.67. The predicted molar refractivity (Wildman–Crippen MR) is 60.3 cm³/mol. The highest BCUT2D eigenvalue weighted by Crippen LogP contribution is 2.34. The fraction of sp³-hybridized carbons (Fsp3) is 0.0909. The van der Waals surface area contributed by atoms with Crippen LogP contribution < -0.4 is 0 Å². The molecule has 74 valence electrons. The van der Waals surface area contributed by atoms with Gasteiger partial charge in [-0.15, -0.1) is 0 Å². The molecule has 0 unspecified atom stereocenters. The smallest absolute Gasteiger partial charge is 0.129 e. The maximum Gasteiger partial charge on any atom is 0.129 e. The molecule has 0 atom stereocenters. The summed E-state index contributed by atoms with van der Waals surface area (Å²) in [6.07, 6.45) is 0.860. The number of nitrogens with zero attached hydrogens (tertiary/aromatic N) is 2. The van der Waals surface area contributed by atoms with Crippen LogP contribution in [0, 0.1) is 0 Å². The van der Waals surface area contributed by atoms with Gasteiger partial charge in [0.15, 0.2) is 0 Å². The van der Waals surface area contributed by atoms with E-state index in [-0.39, 0.29) is 0 Å². The van der Waals surface area contributed by atoms with Gasteiger partial charge in [0.25, 0.3) is 0 Å². The van der Waals surface area contributed by atoms with E-state index in [0.29, 0.717) is 10.3 Å². The van der Waals surface area contributed by atoms with E-state index in [2.05, 4.69) is 9.97 Å². The van der Waals surface area contributed by atoms with Gasteiger partial charge in [-0.2, -0.15) is 0 Å². The molecule has 2 heterocycles. The third-order valence-electron chi connectivity index (χ3n) is 2.49. The van der Waals surface area contributed by atoms with Gasteiger partial charge in [0.1, 0.15) is 10.3 Å². The molecule has 0 spiro atoms. The van der Waals surface area contributed by atoms with E-state index in [4.69, 9.17) is 23.2 Å². The molecular weight excluding hydrogens is 231 g/mol. The van der Waals surface area contributed by atoms with E-state index in [9.17, 15) is 0 Å². The highest BCUT2D eigenvalue weighted by Gasteiger charge is 2.21. The molecule has 15 heavy (non-hydrogen) atoms. The quantitative estimate of drug-likeness (QED) is 0.560. The molecule has 0 fully saturated rings. The molecule has 1 aliphatic carbocycles. The van der Waals surface area contributed by atoms with Crippen LogP contribution in [0.1, 0.15) is 11.1 Å². The standard InChI is InChI=1S/C11H6Cl2N2/c12-8-3-1-6-5-7-2-4-9(13)15-11(7)10(6)14-8/h1-4H,5H2. The van der Waals surface area contributed by atoms with Crippen LogP contribution in [0.4, 0.5) is 0 Å². The van der Waals surface area contributed by atoms with Crippen LogP contribution >= 0.6 is 23.2 Å². The second-order valence-electron chi connectivity index (χ2n) is 3.46. The lowest BCUT2D eigenvalue weighted by Gasteiger charge is -1.99. The lowest BCUT2D eigenvalue weighted by molar-refractivity contribution is 1.22. The molecule has 0 amide bonds. The van der Waals surface area contributed by atoms with Crippen molar-refractivity contribution in [3.8, 4) is 11.4 Å². The highest BCUT2D eigenvalue weighted by molar-refractivity contribution is 6.30. The Morgan fingerprint density at radius 2 is 1.27 bits per heavy atom. The molecular formula is C11H6Cl2N2. The molecule has 0 saturated carbocycles. The van der Waals surface area contributed by atoms with Crippen LogP contribution in [-0.4, -0.2) is 9.97 Å². The van der Waals surface area contributed by atoms with Gasteiger partial charge in [0, 0.05) is 6.42 Å². The minimum absolute atomic E-state index is 0.489. The maximum absolute atomic E-state index is 5.86. The molecule has 2 aromatic heterocycles. The van der Waals surface area contributed by atoms with E-state index in [1.165, 1.54) is 0 Å². The second-order valence-corrected chi connectivity index (χ2v) is 4.23. The first-order chi connectivity index (χ1) is 7.24. The van der Waals surface area contributed by atoms with Crippen molar-refractivity contribution in [2.45, 2.75) is 6.42 Å².